The molecule has 0 bridgehead atoms. The minimum Gasteiger partial charge on any atom is -0.469 e. The second kappa shape index (κ2) is 5.01. The number of hydrogen-bond donors (Lipinski definition) is 0. The van der Waals surface area contributed by atoms with Gasteiger partial charge < -0.3 is 4.74 Å². The summed E-state index contributed by atoms with van der Waals surface area (Å²) in [6.45, 7) is 1.85. The molecule has 76 valence electrons. The summed E-state index contributed by atoms with van der Waals surface area (Å²) in [7, 11) is 1.40. The lowest BCUT2D eigenvalue weighted by Gasteiger charge is -2.08. The molecular weight excluding hydrogens is 200 g/mol. The van der Waals surface area contributed by atoms with Crippen molar-refractivity contribution in [2.75, 3.05) is 7.11 Å². The van der Waals surface area contributed by atoms with Crippen LogP contribution in [0, 0.1) is 5.92 Å². The first-order chi connectivity index (χ1) is 6.63. The van der Waals surface area contributed by atoms with Gasteiger partial charge in [-0.15, -0.1) is 0 Å². The van der Waals surface area contributed by atoms with E-state index in [2.05, 4.69) is 4.74 Å². The van der Waals surface area contributed by atoms with E-state index in [9.17, 15) is 4.79 Å². The van der Waals surface area contributed by atoms with Crippen molar-refractivity contribution in [3.05, 3.63) is 34.9 Å². The lowest BCUT2D eigenvalue weighted by Crippen LogP contribution is -2.14. The van der Waals surface area contributed by atoms with Crippen LogP contribution in [0.25, 0.3) is 0 Å². The Morgan fingerprint density at radius 2 is 2.00 bits per heavy atom. The van der Waals surface area contributed by atoms with Gasteiger partial charge in [0.05, 0.1) is 13.0 Å². The molecule has 14 heavy (non-hydrogen) atoms. The molecule has 0 heterocycles. The molecule has 0 spiro atoms. The Balaban J connectivity index is 2.60. The van der Waals surface area contributed by atoms with Crippen molar-refractivity contribution < 1.29 is 9.53 Å². The van der Waals surface area contributed by atoms with Crippen molar-refractivity contribution >= 4 is 17.6 Å². The number of ether oxygens (including phenoxy) is 1. The van der Waals surface area contributed by atoms with Crippen molar-refractivity contribution in [2.24, 2.45) is 5.92 Å². The molecule has 0 aromatic heterocycles. The molecule has 2 nitrogen and oxygen atoms in total. The van der Waals surface area contributed by atoms with Gasteiger partial charge in [-0.1, -0.05) is 30.7 Å². The van der Waals surface area contributed by atoms with Crippen LogP contribution < -0.4 is 0 Å². The lowest BCUT2D eigenvalue weighted by atomic mass is 10.0. The minimum absolute atomic E-state index is 0.110. The molecule has 0 aliphatic carbocycles. The monoisotopic (exact) mass is 212 g/mol. The van der Waals surface area contributed by atoms with Crippen LogP contribution in [0.15, 0.2) is 24.3 Å². The third-order valence-corrected chi connectivity index (χ3v) is 2.31. The number of benzene rings is 1. The SMILES string of the molecule is COC(=O)[C@H](C)Cc1ccc(Cl)cc1. The fourth-order valence-corrected chi connectivity index (χ4v) is 1.38. The standard InChI is InChI=1S/C11H13ClO2/c1-8(11(13)14-2)7-9-3-5-10(12)6-4-9/h3-6,8H,7H2,1-2H3/t8-/m1/s1. The summed E-state index contributed by atoms with van der Waals surface area (Å²) in [5.41, 5.74) is 1.09. The molecule has 0 radical (unpaired) electrons. The molecule has 1 aromatic carbocycles. The van der Waals surface area contributed by atoms with Crippen molar-refractivity contribution in [1.82, 2.24) is 0 Å². The average molecular weight is 213 g/mol. The number of halogens is 1. The molecule has 1 aromatic rings. The molecule has 1 atom stereocenters. The van der Waals surface area contributed by atoms with E-state index >= 15 is 0 Å². The van der Waals surface area contributed by atoms with E-state index in [1.165, 1.54) is 7.11 Å². The van der Waals surface area contributed by atoms with Crippen LogP contribution in [0.3, 0.4) is 0 Å². The van der Waals surface area contributed by atoms with Gasteiger partial charge in [0, 0.05) is 5.02 Å². The van der Waals surface area contributed by atoms with E-state index in [1.54, 1.807) is 0 Å². The number of methoxy groups -OCH3 is 1. The van der Waals surface area contributed by atoms with Crippen molar-refractivity contribution in [2.45, 2.75) is 13.3 Å². The molecule has 0 unspecified atom stereocenters. The Kier molecular flexibility index (Phi) is 3.96. The van der Waals surface area contributed by atoms with Crippen molar-refractivity contribution in [3.63, 3.8) is 0 Å². The average Bonchev–Trinajstić information content (AvgIpc) is 2.20. The summed E-state index contributed by atoms with van der Waals surface area (Å²) < 4.78 is 4.64. The second-order valence-corrected chi connectivity index (χ2v) is 3.69. The Labute approximate surface area is 88.8 Å². The summed E-state index contributed by atoms with van der Waals surface area (Å²) in [6, 6.07) is 7.48. The van der Waals surface area contributed by atoms with E-state index in [0.29, 0.717) is 11.4 Å². The molecule has 0 saturated carbocycles. The molecule has 0 saturated heterocycles. The third-order valence-electron chi connectivity index (χ3n) is 2.06. The van der Waals surface area contributed by atoms with E-state index in [4.69, 9.17) is 11.6 Å². The number of rotatable bonds is 3. The van der Waals surface area contributed by atoms with Crippen LogP contribution in [0.5, 0.6) is 0 Å². The van der Waals surface area contributed by atoms with Crippen LogP contribution >= 0.6 is 11.6 Å². The van der Waals surface area contributed by atoms with Crippen molar-refractivity contribution in [3.8, 4) is 0 Å². The Bertz CT molecular complexity index is 306. The molecule has 0 aliphatic rings. The maximum Gasteiger partial charge on any atom is 0.308 e. The summed E-state index contributed by atoms with van der Waals surface area (Å²) in [5.74, 6) is -0.291. The molecule has 0 fully saturated rings. The molecule has 0 N–H and O–H groups in total. The highest BCUT2D eigenvalue weighted by molar-refractivity contribution is 6.30. The molecule has 0 aliphatic heterocycles. The van der Waals surface area contributed by atoms with Crippen LogP contribution in [0.1, 0.15) is 12.5 Å². The van der Waals surface area contributed by atoms with Crippen LogP contribution in [-0.4, -0.2) is 13.1 Å². The number of carbonyl (C=O) groups excluding carboxylic acids is 1. The lowest BCUT2D eigenvalue weighted by molar-refractivity contribution is -0.144. The van der Waals surface area contributed by atoms with E-state index in [1.807, 2.05) is 31.2 Å². The maximum atomic E-state index is 11.1. The Hall–Kier alpha value is -1.02. The Morgan fingerprint density at radius 1 is 1.43 bits per heavy atom. The fourth-order valence-electron chi connectivity index (χ4n) is 1.26. The highest BCUT2D eigenvalue weighted by Gasteiger charge is 2.13. The molecule has 0 amide bonds. The second-order valence-electron chi connectivity index (χ2n) is 3.25. The predicted molar refractivity (Wildman–Crippen MR) is 56.3 cm³/mol. The normalized spacial score (nSPS) is 12.2. The zero-order chi connectivity index (χ0) is 10.6. The number of esters is 1. The topological polar surface area (TPSA) is 26.3 Å². The van der Waals surface area contributed by atoms with Gasteiger partial charge in [0.1, 0.15) is 0 Å². The van der Waals surface area contributed by atoms with Gasteiger partial charge in [-0.2, -0.15) is 0 Å². The summed E-state index contributed by atoms with van der Waals surface area (Å²) in [4.78, 5) is 11.1. The predicted octanol–water partition coefficient (Wildman–Crippen LogP) is 2.69. The number of hydrogen-bond acceptors (Lipinski definition) is 2. The zero-order valence-corrected chi connectivity index (χ0v) is 9.04. The highest BCUT2D eigenvalue weighted by Crippen LogP contribution is 2.13. The first kappa shape index (κ1) is 11.1. The van der Waals surface area contributed by atoms with Gasteiger partial charge in [-0.05, 0) is 24.1 Å². The summed E-state index contributed by atoms with van der Waals surface area (Å²) in [6.07, 6.45) is 0.684. The number of carbonyl (C=O) groups is 1. The van der Waals surface area contributed by atoms with E-state index < -0.39 is 0 Å². The van der Waals surface area contributed by atoms with E-state index in [-0.39, 0.29) is 11.9 Å². The first-order valence-corrected chi connectivity index (χ1v) is 4.83. The quantitative estimate of drug-likeness (QED) is 0.721. The van der Waals surface area contributed by atoms with Gasteiger partial charge in [0.2, 0.25) is 0 Å². The van der Waals surface area contributed by atoms with Gasteiger partial charge >= 0.3 is 5.97 Å². The molecule has 1 rings (SSSR count). The maximum absolute atomic E-state index is 11.1. The van der Waals surface area contributed by atoms with Crippen LogP contribution in [0.4, 0.5) is 0 Å². The van der Waals surface area contributed by atoms with Crippen LogP contribution in [-0.2, 0) is 16.0 Å². The molecular formula is C11H13ClO2. The first-order valence-electron chi connectivity index (χ1n) is 4.45. The van der Waals surface area contributed by atoms with Crippen LogP contribution in [0.2, 0.25) is 5.02 Å². The summed E-state index contributed by atoms with van der Waals surface area (Å²) in [5, 5.41) is 0.708. The summed E-state index contributed by atoms with van der Waals surface area (Å²) >= 11 is 5.75. The zero-order valence-electron chi connectivity index (χ0n) is 8.29. The minimum atomic E-state index is -0.181. The van der Waals surface area contributed by atoms with Gasteiger partial charge in [0.15, 0.2) is 0 Å². The fraction of sp³-hybridized carbons (Fsp3) is 0.364. The highest BCUT2D eigenvalue weighted by atomic mass is 35.5. The van der Waals surface area contributed by atoms with Gasteiger partial charge in [-0.25, -0.2) is 0 Å². The van der Waals surface area contributed by atoms with Gasteiger partial charge in [-0.3, -0.25) is 4.79 Å². The Morgan fingerprint density at radius 3 is 2.50 bits per heavy atom. The largest absolute Gasteiger partial charge is 0.469 e. The third kappa shape index (κ3) is 3.04. The molecule has 3 heteroatoms. The van der Waals surface area contributed by atoms with Gasteiger partial charge in [0.25, 0.3) is 0 Å². The van der Waals surface area contributed by atoms with E-state index in [0.717, 1.165) is 5.56 Å². The smallest absolute Gasteiger partial charge is 0.308 e. The van der Waals surface area contributed by atoms with Crippen molar-refractivity contribution in [1.29, 1.82) is 0 Å².